The van der Waals surface area contributed by atoms with E-state index in [2.05, 4.69) is 10.3 Å². The molecular formula is C11H18N2O2. The predicted molar refractivity (Wildman–Crippen MR) is 60.2 cm³/mol. The number of anilines is 1. The van der Waals surface area contributed by atoms with Crippen LogP contribution in [0.2, 0.25) is 0 Å². The number of aliphatic hydroxyl groups excluding tert-OH is 1. The average Bonchev–Trinajstić information content (AvgIpc) is 2.29. The molecule has 1 rings (SSSR count). The summed E-state index contributed by atoms with van der Waals surface area (Å²) in [5.74, 6) is 1.55. The van der Waals surface area contributed by atoms with Crippen molar-refractivity contribution in [2.45, 2.75) is 25.9 Å². The first kappa shape index (κ1) is 11.8. The van der Waals surface area contributed by atoms with Gasteiger partial charge in [-0.25, -0.2) is 4.98 Å². The molecule has 0 spiro atoms. The fourth-order valence-corrected chi connectivity index (χ4v) is 1.18. The van der Waals surface area contributed by atoms with Gasteiger partial charge in [-0.3, -0.25) is 0 Å². The maximum atomic E-state index is 9.34. The van der Waals surface area contributed by atoms with E-state index in [0.29, 0.717) is 0 Å². The van der Waals surface area contributed by atoms with Crippen molar-refractivity contribution in [3.05, 3.63) is 18.3 Å². The van der Waals surface area contributed by atoms with Crippen molar-refractivity contribution in [1.82, 2.24) is 4.98 Å². The third-order valence-electron chi connectivity index (χ3n) is 2.23. The number of aliphatic hydroxyl groups is 1. The lowest BCUT2D eigenvalue weighted by atomic mass is 10.2. The quantitative estimate of drug-likeness (QED) is 0.749. The lowest BCUT2D eigenvalue weighted by Crippen LogP contribution is -2.12. The minimum absolute atomic E-state index is 0.226. The van der Waals surface area contributed by atoms with E-state index in [1.54, 1.807) is 13.3 Å². The van der Waals surface area contributed by atoms with E-state index in [4.69, 9.17) is 4.74 Å². The van der Waals surface area contributed by atoms with Crippen LogP contribution >= 0.6 is 0 Å². The molecule has 0 aliphatic rings. The molecule has 0 saturated carbocycles. The Morgan fingerprint density at radius 3 is 2.87 bits per heavy atom. The van der Waals surface area contributed by atoms with Gasteiger partial charge >= 0.3 is 0 Å². The number of methoxy groups -OCH3 is 1. The fourth-order valence-electron chi connectivity index (χ4n) is 1.18. The zero-order chi connectivity index (χ0) is 11.1. The molecule has 0 aliphatic heterocycles. The van der Waals surface area contributed by atoms with Gasteiger partial charge in [-0.15, -0.1) is 0 Å². The Hall–Kier alpha value is -1.29. The van der Waals surface area contributed by atoms with Gasteiger partial charge in [0.25, 0.3) is 0 Å². The maximum absolute atomic E-state index is 9.34. The number of hydrogen-bond donors (Lipinski definition) is 2. The lowest BCUT2D eigenvalue weighted by molar-refractivity contribution is 0.164. The molecule has 0 bridgehead atoms. The molecule has 1 aromatic rings. The first-order valence-corrected chi connectivity index (χ1v) is 5.18. The summed E-state index contributed by atoms with van der Waals surface area (Å²) >= 11 is 0. The van der Waals surface area contributed by atoms with Gasteiger partial charge < -0.3 is 15.2 Å². The zero-order valence-electron chi connectivity index (χ0n) is 9.23. The molecule has 0 aliphatic carbocycles. The van der Waals surface area contributed by atoms with Crippen molar-refractivity contribution in [3.63, 3.8) is 0 Å². The van der Waals surface area contributed by atoms with E-state index in [1.807, 2.05) is 19.1 Å². The first-order chi connectivity index (χ1) is 7.26. The van der Waals surface area contributed by atoms with Gasteiger partial charge in [0.2, 0.25) is 0 Å². The van der Waals surface area contributed by atoms with Gasteiger partial charge in [-0.2, -0.15) is 0 Å². The second kappa shape index (κ2) is 6.24. The number of nitrogens with one attached hydrogen (secondary N) is 1. The normalized spacial score (nSPS) is 12.2. The van der Waals surface area contributed by atoms with Crippen LogP contribution in [0.25, 0.3) is 0 Å². The van der Waals surface area contributed by atoms with Crippen molar-refractivity contribution >= 4 is 5.82 Å². The van der Waals surface area contributed by atoms with Crippen molar-refractivity contribution < 1.29 is 9.84 Å². The van der Waals surface area contributed by atoms with Crippen LogP contribution in [0, 0.1) is 0 Å². The number of hydrogen-bond acceptors (Lipinski definition) is 4. The average molecular weight is 210 g/mol. The van der Waals surface area contributed by atoms with Crippen LogP contribution in [0.1, 0.15) is 19.8 Å². The highest BCUT2D eigenvalue weighted by atomic mass is 16.5. The maximum Gasteiger partial charge on any atom is 0.137 e. The topological polar surface area (TPSA) is 54.4 Å². The second-order valence-electron chi connectivity index (χ2n) is 3.36. The highest BCUT2D eigenvalue weighted by molar-refractivity contribution is 5.37. The summed E-state index contributed by atoms with van der Waals surface area (Å²) in [7, 11) is 1.61. The molecule has 2 N–H and O–H groups in total. The van der Waals surface area contributed by atoms with Gasteiger partial charge in [0.15, 0.2) is 0 Å². The number of aromatic nitrogens is 1. The van der Waals surface area contributed by atoms with Crippen LogP contribution < -0.4 is 10.1 Å². The van der Waals surface area contributed by atoms with Gasteiger partial charge in [-0.05, 0) is 25.0 Å². The summed E-state index contributed by atoms with van der Waals surface area (Å²) in [6.45, 7) is 2.70. The molecule has 1 atom stereocenters. The molecule has 0 aromatic carbocycles. The minimum Gasteiger partial charge on any atom is -0.495 e. The smallest absolute Gasteiger partial charge is 0.137 e. The molecule has 1 unspecified atom stereocenters. The summed E-state index contributed by atoms with van der Waals surface area (Å²) in [6.07, 6.45) is 2.97. The molecule has 0 fully saturated rings. The van der Waals surface area contributed by atoms with E-state index in [9.17, 15) is 5.11 Å². The van der Waals surface area contributed by atoms with Crippen molar-refractivity contribution in [1.29, 1.82) is 0 Å². The molecule has 4 nitrogen and oxygen atoms in total. The minimum atomic E-state index is -0.226. The van der Waals surface area contributed by atoms with Crippen molar-refractivity contribution in [2.75, 3.05) is 19.0 Å². The predicted octanol–water partition coefficient (Wildman–Crippen LogP) is 1.66. The molecule has 1 heterocycles. The van der Waals surface area contributed by atoms with Gasteiger partial charge in [0, 0.05) is 6.54 Å². The van der Waals surface area contributed by atoms with Crippen LogP contribution in [0.3, 0.4) is 0 Å². The molecule has 1 aromatic heterocycles. The Balaban J connectivity index is 2.31. The number of nitrogens with zero attached hydrogens (tertiary/aromatic N) is 1. The number of rotatable bonds is 6. The van der Waals surface area contributed by atoms with E-state index < -0.39 is 0 Å². The molecule has 0 amide bonds. The van der Waals surface area contributed by atoms with Gasteiger partial charge in [-0.1, -0.05) is 6.92 Å². The molecule has 0 radical (unpaired) electrons. The van der Waals surface area contributed by atoms with E-state index in [1.165, 1.54) is 0 Å². The molecular weight excluding hydrogens is 192 g/mol. The number of pyridine rings is 1. The van der Waals surface area contributed by atoms with Crippen molar-refractivity contribution in [3.8, 4) is 5.75 Å². The summed E-state index contributed by atoms with van der Waals surface area (Å²) in [6, 6.07) is 3.71. The Labute approximate surface area is 90.3 Å². The van der Waals surface area contributed by atoms with Crippen molar-refractivity contribution in [2.24, 2.45) is 0 Å². The van der Waals surface area contributed by atoms with Crippen LogP contribution in [0.5, 0.6) is 5.75 Å². The monoisotopic (exact) mass is 210 g/mol. The Morgan fingerprint density at radius 1 is 1.53 bits per heavy atom. The van der Waals surface area contributed by atoms with Crippen LogP contribution in [0.4, 0.5) is 5.82 Å². The molecule has 4 heteroatoms. The zero-order valence-corrected chi connectivity index (χ0v) is 9.23. The van der Waals surface area contributed by atoms with Crippen LogP contribution in [-0.2, 0) is 0 Å². The number of ether oxygens (including phenoxy) is 1. The van der Waals surface area contributed by atoms with Gasteiger partial charge in [0.05, 0.1) is 19.4 Å². The Kier molecular flexibility index (Phi) is 4.90. The van der Waals surface area contributed by atoms with Crippen LogP contribution in [-0.4, -0.2) is 29.8 Å². The Morgan fingerprint density at radius 2 is 2.33 bits per heavy atom. The van der Waals surface area contributed by atoms with E-state index >= 15 is 0 Å². The Bertz CT molecular complexity index is 274. The standard InChI is InChI=1S/C11H18N2O2/c1-3-9(14)6-7-12-11-5-4-10(15-2)8-13-11/h4-5,8-9,14H,3,6-7H2,1-2H3,(H,12,13). The SMILES string of the molecule is CCC(O)CCNc1ccc(OC)cn1. The molecule has 0 saturated heterocycles. The highest BCUT2D eigenvalue weighted by Gasteiger charge is 2.00. The van der Waals surface area contributed by atoms with E-state index in [0.717, 1.165) is 31.0 Å². The third-order valence-corrected chi connectivity index (χ3v) is 2.23. The largest absolute Gasteiger partial charge is 0.495 e. The molecule has 84 valence electrons. The summed E-state index contributed by atoms with van der Waals surface area (Å²) in [5.41, 5.74) is 0. The van der Waals surface area contributed by atoms with Gasteiger partial charge in [0.1, 0.15) is 11.6 Å². The summed E-state index contributed by atoms with van der Waals surface area (Å²) < 4.78 is 5.00. The lowest BCUT2D eigenvalue weighted by Gasteiger charge is -2.09. The first-order valence-electron chi connectivity index (χ1n) is 5.18. The molecule has 15 heavy (non-hydrogen) atoms. The summed E-state index contributed by atoms with van der Waals surface area (Å²) in [5, 5.41) is 12.5. The van der Waals surface area contributed by atoms with Crippen LogP contribution in [0.15, 0.2) is 18.3 Å². The van der Waals surface area contributed by atoms with E-state index in [-0.39, 0.29) is 6.10 Å². The fraction of sp³-hybridized carbons (Fsp3) is 0.545. The summed E-state index contributed by atoms with van der Waals surface area (Å²) in [4.78, 5) is 4.15. The third kappa shape index (κ3) is 4.16. The second-order valence-corrected chi connectivity index (χ2v) is 3.36. The highest BCUT2D eigenvalue weighted by Crippen LogP contribution is 2.11.